The lowest BCUT2D eigenvalue weighted by Gasteiger charge is -2.43. The van der Waals surface area contributed by atoms with Gasteiger partial charge in [0.1, 0.15) is 0 Å². The van der Waals surface area contributed by atoms with E-state index in [0.29, 0.717) is 5.41 Å². The van der Waals surface area contributed by atoms with Crippen LogP contribution < -0.4 is 0 Å². The Hall–Kier alpha value is -0.820. The average molecular weight is 399 g/mol. The number of allylic oxidation sites excluding steroid dienone is 5. The van der Waals surface area contributed by atoms with E-state index in [4.69, 9.17) is 0 Å². The molecule has 0 radical (unpaired) electrons. The van der Waals surface area contributed by atoms with E-state index in [0.717, 1.165) is 42.9 Å². The summed E-state index contributed by atoms with van der Waals surface area (Å²) in [6.07, 6.45) is 17.3. The molecular weight excluding hydrogens is 352 g/mol. The van der Waals surface area contributed by atoms with Crippen molar-refractivity contribution in [1.29, 1.82) is 0 Å². The molecule has 1 saturated carbocycles. The Morgan fingerprint density at radius 3 is 2.69 bits per heavy atom. The molecule has 0 aliphatic heterocycles. The SMILES string of the molecule is CC1=C(/C(C)=C/C2=CCC[C@]3(C)[C@@H]([C@H](C)CCCC(C)C)CC[C@@H]23)C[C@@H](O)CC1. The van der Waals surface area contributed by atoms with Crippen LogP contribution >= 0.6 is 0 Å². The molecule has 1 heteroatoms. The fraction of sp³-hybridized carbons (Fsp3) is 0.786. The molecule has 3 aliphatic rings. The van der Waals surface area contributed by atoms with Gasteiger partial charge in [-0.05, 0) is 105 Å². The number of rotatable bonds is 7. The highest BCUT2D eigenvalue weighted by molar-refractivity contribution is 5.42. The molecule has 0 saturated heterocycles. The summed E-state index contributed by atoms with van der Waals surface area (Å²) < 4.78 is 0. The molecule has 1 nitrogen and oxygen atoms in total. The second-order valence-electron chi connectivity index (χ2n) is 11.3. The minimum Gasteiger partial charge on any atom is -0.393 e. The number of aliphatic hydroxyl groups is 1. The molecule has 0 aromatic carbocycles. The number of hydrogen-bond acceptors (Lipinski definition) is 1. The maximum absolute atomic E-state index is 10.2. The van der Waals surface area contributed by atoms with E-state index in [9.17, 15) is 5.11 Å². The molecular formula is C28H46O. The quantitative estimate of drug-likeness (QED) is 0.460. The lowest BCUT2D eigenvalue weighted by Crippen LogP contribution is -2.35. The Morgan fingerprint density at radius 2 is 1.97 bits per heavy atom. The second kappa shape index (κ2) is 9.54. The van der Waals surface area contributed by atoms with Crippen molar-refractivity contribution in [3.05, 3.63) is 34.4 Å². The molecule has 0 aromatic heterocycles. The van der Waals surface area contributed by atoms with Gasteiger partial charge in [-0.1, -0.05) is 64.7 Å². The Balaban J connectivity index is 1.73. The van der Waals surface area contributed by atoms with Crippen LogP contribution in [0.3, 0.4) is 0 Å². The normalized spacial score (nSPS) is 34.4. The fourth-order valence-electron chi connectivity index (χ4n) is 6.89. The van der Waals surface area contributed by atoms with E-state index in [1.165, 1.54) is 61.7 Å². The summed E-state index contributed by atoms with van der Waals surface area (Å²) in [7, 11) is 0. The predicted molar refractivity (Wildman–Crippen MR) is 126 cm³/mol. The maximum Gasteiger partial charge on any atom is 0.0583 e. The van der Waals surface area contributed by atoms with Crippen molar-refractivity contribution in [2.24, 2.45) is 29.1 Å². The first-order valence-electron chi connectivity index (χ1n) is 12.5. The largest absolute Gasteiger partial charge is 0.393 e. The molecule has 29 heavy (non-hydrogen) atoms. The van der Waals surface area contributed by atoms with Gasteiger partial charge in [0.2, 0.25) is 0 Å². The van der Waals surface area contributed by atoms with Gasteiger partial charge < -0.3 is 5.11 Å². The summed E-state index contributed by atoms with van der Waals surface area (Å²) in [5.41, 5.74) is 6.41. The van der Waals surface area contributed by atoms with Crippen LogP contribution in [0.4, 0.5) is 0 Å². The molecule has 1 N–H and O–H groups in total. The van der Waals surface area contributed by atoms with Crippen molar-refractivity contribution in [1.82, 2.24) is 0 Å². The van der Waals surface area contributed by atoms with Gasteiger partial charge in [-0.15, -0.1) is 0 Å². The van der Waals surface area contributed by atoms with Crippen molar-refractivity contribution in [3.63, 3.8) is 0 Å². The number of hydrogen-bond donors (Lipinski definition) is 1. The molecule has 0 bridgehead atoms. The highest BCUT2D eigenvalue weighted by atomic mass is 16.3. The lowest BCUT2D eigenvalue weighted by atomic mass is 9.62. The monoisotopic (exact) mass is 398 g/mol. The van der Waals surface area contributed by atoms with Crippen LogP contribution in [0.15, 0.2) is 34.4 Å². The first-order chi connectivity index (χ1) is 13.7. The highest BCUT2D eigenvalue weighted by Crippen LogP contribution is 2.59. The van der Waals surface area contributed by atoms with Crippen LogP contribution in [0, 0.1) is 29.1 Å². The molecule has 3 aliphatic carbocycles. The van der Waals surface area contributed by atoms with Crippen molar-refractivity contribution in [2.45, 2.75) is 112 Å². The summed E-state index contributed by atoms with van der Waals surface area (Å²) in [5.74, 6) is 3.31. The van der Waals surface area contributed by atoms with E-state index in [1.807, 2.05) is 0 Å². The van der Waals surface area contributed by atoms with E-state index in [-0.39, 0.29) is 6.10 Å². The van der Waals surface area contributed by atoms with Gasteiger partial charge in [-0.25, -0.2) is 0 Å². The summed E-state index contributed by atoms with van der Waals surface area (Å²) in [6, 6.07) is 0. The van der Waals surface area contributed by atoms with Crippen molar-refractivity contribution in [2.75, 3.05) is 0 Å². The van der Waals surface area contributed by atoms with E-state index in [2.05, 4.69) is 53.7 Å². The molecule has 5 atom stereocenters. The standard InChI is InChI=1S/C28H46O/c1-19(2)9-7-10-21(4)26-14-15-27-23(11-8-16-28(26,27)6)17-22(5)25-18-24(29)13-12-20(25)3/h11,17,19,21,24,26-27,29H,7-10,12-16,18H2,1-6H3/b22-17+/t21-,24+,26-,27+,28-/m1/s1. The molecule has 0 amide bonds. The van der Waals surface area contributed by atoms with Crippen LogP contribution in [0.5, 0.6) is 0 Å². The van der Waals surface area contributed by atoms with Crippen LogP contribution in [-0.4, -0.2) is 11.2 Å². The summed E-state index contributed by atoms with van der Waals surface area (Å²) in [4.78, 5) is 0. The number of fused-ring (bicyclic) bond motifs is 1. The zero-order valence-electron chi connectivity index (χ0n) is 20.1. The van der Waals surface area contributed by atoms with Gasteiger partial charge >= 0.3 is 0 Å². The third-order valence-corrected chi connectivity index (χ3v) is 8.67. The van der Waals surface area contributed by atoms with Crippen molar-refractivity contribution >= 4 is 0 Å². The van der Waals surface area contributed by atoms with Crippen LogP contribution in [0.25, 0.3) is 0 Å². The topological polar surface area (TPSA) is 20.2 Å². The second-order valence-corrected chi connectivity index (χ2v) is 11.3. The first kappa shape index (κ1) is 22.9. The first-order valence-corrected chi connectivity index (χ1v) is 12.5. The average Bonchev–Trinajstić information content (AvgIpc) is 3.01. The number of aliphatic hydroxyl groups excluding tert-OH is 1. The Bertz CT molecular complexity index is 664. The molecule has 164 valence electrons. The van der Waals surface area contributed by atoms with Crippen LogP contribution in [0.1, 0.15) is 106 Å². The van der Waals surface area contributed by atoms with E-state index in [1.54, 1.807) is 5.57 Å². The zero-order valence-corrected chi connectivity index (χ0v) is 20.1. The third-order valence-electron chi connectivity index (χ3n) is 8.67. The third kappa shape index (κ3) is 5.09. The van der Waals surface area contributed by atoms with E-state index >= 15 is 0 Å². The van der Waals surface area contributed by atoms with Gasteiger partial charge in [0.15, 0.2) is 0 Å². The lowest BCUT2D eigenvalue weighted by molar-refractivity contribution is 0.107. The predicted octanol–water partition coefficient (Wildman–Crippen LogP) is 8.01. The Labute approximate surface area is 180 Å². The molecule has 0 aromatic rings. The summed E-state index contributed by atoms with van der Waals surface area (Å²) in [5, 5.41) is 10.2. The molecule has 0 unspecified atom stereocenters. The minimum absolute atomic E-state index is 0.148. The van der Waals surface area contributed by atoms with Crippen molar-refractivity contribution < 1.29 is 5.11 Å². The molecule has 1 fully saturated rings. The molecule has 0 spiro atoms. The van der Waals surface area contributed by atoms with E-state index < -0.39 is 0 Å². The van der Waals surface area contributed by atoms with Gasteiger partial charge in [-0.2, -0.15) is 0 Å². The summed E-state index contributed by atoms with van der Waals surface area (Å²) in [6.45, 7) is 14.4. The smallest absolute Gasteiger partial charge is 0.0583 e. The Kier molecular flexibility index (Phi) is 7.52. The van der Waals surface area contributed by atoms with Gasteiger partial charge in [0, 0.05) is 0 Å². The van der Waals surface area contributed by atoms with Crippen molar-refractivity contribution in [3.8, 4) is 0 Å². The summed E-state index contributed by atoms with van der Waals surface area (Å²) >= 11 is 0. The minimum atomic E-state index is -0.148. The van der Waals surface area contributed by atoms with Gasteiger partial charge in [0.25, 0.3) is 0 Å². The molecule has 3 rings (SSSR count). The molecule has 0 heterocycles. The fourth-order valence-corrected chi connectivity index (χ4v) is 6.89. The van der Waals surface area contributed by atoms with Crippen LogP contribution in [-0.2, 0) is 0 Å². The van der Waals surface area contributed by atoms with Gasteiger partial charge in [-0.3, -0.25) is 0 Å². The Morgan fingerprint density at radius 1 is 1.21 bits per heavy atom. The van der Waals surface area contributed by atoms with Crippen LogP contribution in [0.2, 0.25) is 0 Å². The highest BCUT2D eigenvalue weighted by Gasteiger charge is 2.49. The maximum atomic E-state index is 10.2. The van der Waals surface area contributed by atoms with Gasteiger partial charge in [0.05, 0.1) is 6.10 Å². The zero-order chi connectivity index (χ0) is 21.2.